The Bertz CT molecular complexity index is 145. The molecule has 2 amide bonds. The van der Waals surface area contributed by atoms with Gasteiger partial charge in [-0.15, -0.1) is 6.58 Å². The summed E-state index contributed by atoms with van der Waals surface area (Å²) in [6, 6.07) is -0.589. The van der Waals surface area contributed by atoms with E-state index in [1.54, 1.807) is 14.1 Å². The molecule has 0 spiro atoms. The molecule has 0 aromatic rings. The highest BCUT2D eigenvalue weighted by molar-refractivity contribution is 5.74. The number of aliphatic hydroxyl groups is 1. The molecule has 0 saturated carbocycles. The van der Waals surface area contributed by atoms with Gasteiger partial charge >= 0.3 is 6.03 Å². The average molecular weight is 158 g/mol. The van der Waals surface area contributed by atoms with E-state index in [0.717, 1.165) is 0 Å². The number of rotatable bonds is 3. The minimum Gasteiger partial charge on any atom is -0.394 e. The average Bonchev–Trinajstić information content (AvgIpc) is 1.99. The van der Waals surface area contributed by atoms with E-state index in [0.29, 0.717) is 0 Å². The molecule has 0 aliphatic heterocycles. The molecule has 0 aromatic carbocycles. The molecule has 4 heteroatoms. The summed E-state index contributed by atoms with van der Waals surface area (Å²) in [6.45, 7) is 3.33. The first-order chi connectivity index (χ1) is 5.11. The second-order valence-corrected chi connectivity index (χ2v) is 2.37. The van der Waals surface area contributed by atoms with Crippen LogP contribution in [0.2, 0.25) is 0 Å². The summed E-state index contributed by atoms with van der Waals surface area (Å²) in [5, 5.41) is 11.2. The standard InChI is InChI=1S/C7H14N2O2/c1-4-6(5-10)8-7(11)9(2)3/h4,6,10H,1,5H2,2-3H3,(H,8,11). The third kappa shape index (κ3) is 3.62. The second-order valence-electron chi connectivity index (χ2n) is 2.37. The van der Waals surface area contributed by atoms with Crippen LogP contribution in [0.3, 0.4) is 0 Å². The van der Waals surface area contributed by atoms with Crippen LogP contribution in [0.5, 0.6) is 0 Å². The Balaban J connectivity index is 3.81. The number of carbonyl (C=O) groups excluding carboxylic acids is 1. The third-order valence-electron chi connectivity index (χ3n) is 1.20. The van der Waals surface area contributed by atoms with Crippen molar-refractivity contribution in [3.05, 3.63) is 12.7 Å². The molecule has 64 valence electrons. The van der Waals surface area contributed by atoms with Crippen molar-refractivity contribution in [3.8, 4) is 0 Å². The van der Waals surface area contributed by atoms with Crippen molar-refractivity contribution >= 4 is 6.03 Å². The van der Waals surface area contributed by atoms with Crippen LogP contribution in [0, 0.1) is 0 Å². The van der Waals surface area contributed by atoms with E-state index in [1.807, 2.05) is 0 Å². The van der Waals surface area contributed by atoms with E-state index in [2.05, 4.69) is 11.9 Å². The topological polar surface area (TPSA) is 52.6 Å². The molecule has 0 fully saturated rings. The molecule has 0 radical (unpaired) electrons. The number of hydrogen-bond acceptors (Lipinski definition) is 2. The number of amides is 2. The summed E-state index contributed by atoms with van der Waals surface area (Å²) < 4.78 is 0. The van der Waals surface area contributed by atoms with E-state index in [4.69, 9.17) is 5.11 Å². The van der Waals surface area contributed by atoms with Gasteiger partial charge in [-0.2, -0.15) is 0 Å². The minimum absolute atomic E-state index is 0.122. The normalized spacial score (nSPS) is 11.9. The van der Waals surface area contributed by atoms with E-state index >= 15 is 0 Å². The molecule has 0 aliphatic rings. The van der Waals surface area contributed by atoms with Crippen LogP contribution < -0.4 is 5.32 Å². The largest absolute Gasteiger partial charge is 0.394 e. The van der Waals surface area contributed by atoms with E-state index in [9.17, 15) is 4.79 Å². The first kappa shape index (κ1) is 9.97. The maximum Gasteiger partial charge on any atom is 0.317 e. The fourth-order valence-corrected chi connectivity index (χ4v) is 0.467. The monoisotopic (exact) mass is 158 g/mol. The molecule has 0 aliphatic carbocycles. The van der Waals surface area contributed by atoms with Crippen LogP contribution >= 0.6 is 0 Å². The zero-order chi connectivity index (χ0) is 8.85. The van der Waals surface area contributed by atoms with Crippen molar-refractivity contribution < 1.29 is 9.90 Å². The molecule has 1 unspecified atom stereocenters. The maximum atomic E-state index is 10.9. The lowest BCUT2D eigenvalue weighted by atomic mass is 10.3. The Morgan fingerprint density at radius 3 is 2.64 bits per heavy atom. The van der Waals surface area contributed by atoms with Crippen LogP contribution in [-0.2, 0) is 0 Å². The van der Waals surface area contributed by atoms with Crippen molar-refractivity contribution in [2.45, 2.75) is 6.04 Å². The zero-order valence-corrected chi connectivity index (χ0v) is 6.87. The lowest BCUT2D eigenvalue weighted by Crippen LogP contribution is -2.42. The van der Waals surface area contributed by atoms with Crippen LogP contribution in [0.15, 0.2) is 12.7 Å². The molecule has 0 heterocycles. The zero-order valence-electron chi connectivity index (χ0n) is 6.87. The summed E-state index contributed by atoms with van der Waals surface area (Å²) in [4.78, 5) is 12.3. The lowest BCUT2D eigenvalue weighted by Gasteiger charge is -2.16. The summed E-state index contributed by atoms with van der Waals surface area (Å²) in [7, 11) is 3.26. The fourth-order valence-electron chi connectivity index (χ4n) is 0.467. The molecule has 0 bridgehead atoms. The Morgan fingerprint density at radius 2 is 2.36 bits per heavy atom. The first-order valence-electron chi connectivity index (χ1n) is 3.33. The van der Waals surface area contributed by atoms with Gasteiger partial charge in [-0.05, 0) is 0 Å². The van der Waals surface area contributed by atoms with E-state index in [-0.39, 0.29) is 18.7 Å². The molecule has 4 nitrogen and oxygen atoms in total. The Morgan fingerprint density at radius 1 is 1.82 bits per heavy atom. The lowest BCUT2D eigenvalue weighted by molar-refractivity contribution is 0.205. The summed E-state index contributed by atoms with van der Waals surface area (Å²) in [6.07, 6.45) is 1.49. The van der Waals surface area contributed by atoms with Crippen molar-refractivity contribution in [3.63, 3.8) is 0 Å². The smallest absolute Gasteiger partial charge is 0.317 e. The van der Waals surface area contributed by atoms with Crippen LogP contribution in [-0.4, -0.2) is 42.8 Å². The predicted octanol–water partition coefficient (Wildman–Crippen LogP) is -0.196. The summed E-state index contributed by atoms with van der Waals surface area (Å²) in [5.74, 6) is 0. The maximum absolute atomic E-state index is 10.9. The highest BCUT2D eigenvalue weighted by Crippen LogP contribution is 1.85. The number of urea groups is 1. The Labute approximate surface area is 66.5 Å². The van der Waals surface area contributed by atoms with Gasteiger partial charge in [0.15, 0.2) is 0 Å². The predicted molar refractivity (Wildman–Crippen MR) is 43.3 cm³/mol. The van der Waals surface area contributed by atoms with Crippen molar-refractivity contribution in [2.24, 2.45) is 0 Å². The van der Waals surface area contributed by atoms with Gasteiger partial charge in [-0.3, -0.25) is 0 Å². The van der Waals surface area contributed by atoms with Gasteiger partial charge in [0.25, 0.3) is 0 Å². The highest BCUT2D eigenvalue weighted by Gasteiger charge is 2.07. The highest BCUT2D eigenvalue weighted by atomic mass is 16.3. The molecule has 0 saturated heterocycles. The molecular formula is C7H14N2O2. The molecule has 0 aromatic heterocycles. The SMILES string of the molecule is C=CC(CO)NC(=O)N(C)C. The number of aliphatic hydroxyl groups excluding tert-OH is 1. The van der Waals surface area contributed by atoms with Crippen molar-refractivity contribution in [1.29, 1.82) is 0 Å². The molecule has 2 N–H and O–H groups in total. The number of nitrogens with one attached hydrogen (secondary N) is 1. The molecular weight excluding hydrogens is 144 g/mol. The first-order valence-corrected chi connectivity index (χ1v) is 3.33. The van der Waals surface area contributed by atoms with Crippen molar-refractivity contribution in [2.75, 3.05) is 20.7 Å². The van der Waals surface area contributed by atoms with Crippen LogP contribution in [0.1, 0.15) is 0 Å². The van der Waals surface area contributed by atoms with Gasteiger partial charge in [-0.25, -0.2) is 4.79 Å². The molecule has 0 rings (SSSR count). The second kappa shape index (κ2) is 4.73. The number of carbonyl (C=O) groups is 1. The van der Waals surface area contributed by atoms with Crippen molar-refractivity contribution in [1.82, 2.24) is 10.2 Å². The van der Waals surface area contributed by atoms with Crippen LogP contribution in [0.25, 0.3) is 0 Å². The molecule has 11 heavy (non-hydrogen) atoms. The van der Waals surface area contributed by atoms with Crippen LogP contribution in [0.4, 0.5) is 4.79 Å². The van der Waals surface area contributed by atoms with Gasteiger partial charge in [0.1, 0.15) is 0 Å². The Kier molecular flexibility index (Phi) is 4.29. The summed E-state index contributed by atoms with van der Waals surface area (Å²) >= 11 is 0. The van der Waals surface area contributed by atoms with Gasteiger partial charge in [0, 0.05) is 14.1 Å². The van der Waals surface area contributed by atoms with Gasteiger partial charge in [0.05, 0.1) is 12.6 Å². The minimum atomic E-state index is -0.357. The van der Waals surface area contributed by atoms with Gasteiger partial charge in [-0.1, -0.05) is 6.08 Å². The van der Waals surface area contributed by atoms with E-state index < -0.39 is 0 Å². The van der Waals surface area contributed by atoms with E-state index in [1.165, 1.54) is 11.0 Å². The van der Waals surface area contributed by atoms with Gasteiger partial charge < -0.3 is 15.3 Å². The third-order valence-corrected chi connectivity index (χ3v) is 1.20. The number of nitrogens with zero attached hydrogens (tertiary/aromatic N) is 1. The fraction of sp³-hybridized carbons (Fsp3) is 0.571. The quantitative estimate of drug-likeness (QED) is 0.559. The Hall–Kier alpha value is -1.03. The summed E-state index contributed by atoms with van der Waals surface area (Å²) in [5.41, 5.74) is 0. The molecule has 1 atom stereocenters. The number of hydrogen-bond donors (Lipinski definition) is 2. The van der Waals surface area contributed by atoms with Gasteiger partial charge in [0.2, 0.25) is 0 Å².